The smallest absolute Gasteiger partial charge is 0.195 e. The molecule has 0 atom stereocenters. The van der Waals surface area contributed by atoms with Gasteiger partial charge in [-0.3, -0.25) is 4.79 Å². The summed E-state index contributed by atoms with van der Waals surface area (Å²) in [6.45, 7) is 0. The van der Waals surface area contributed by atoms with Gasteiger partial charge in [-0.05, 0) is 82.9 Å². The molecule has 2 heterocycles. The maximum Gasteiger partial charge on any atom is 0.195 e. The molecule has 0 radical (unpaired) electrons. The highest BCUT2D eigenvalue weighted by Gasteiger charge is 2.24. The van der Waals surface area contributed by atoms with Crippen LogP contribution in [0, 0.1) is 0 Å². The number of hydrogen-bond acceptors (Lipinski definition) is 4. The lowest BCUT2D eigenvalue weighted by Gasteiger charge is -2.31. The molecule has 8 aromatic rings. The summed E-state index contributed by atoms with van der Waals surface area (Å²) < 4.78 is 2.02. The van der Waals surface area contributed by atoms with Gasteiger partial charge >= 0.3 is 0 Å². The second kappa shape index (κ2) is 11.4. The van der Waals surface area contributed by atoms with Gasteiger partial charge in [0.2, 0.25) is 0 Å². The summed E-state index contributed by atoms with van der Waals surface area (Å²) in [6.07, 6.45) is 0. The van der Waals surface area contributed by atoms with Crippen molar-refractivity contribution >= 4 is 60.3 Å². The van der Waals surface area contributed by atoms with E-state index in [-0.39, 0.29) is 5.43 Å². The van der Waals surface area contributed by atoms with Crippen LogP contribution in [-0.4, -0.2) is 0 Å². The third kappa shape index (κ3) is 4.77. The first-order valence-electron chi connectivity index (χ1n) is 15.6. The van der Waals surface area contributed by atoms with Crippen molar-refractivity contribution < 1.29 is 0 Å². The lowest BCUT2D eigenvalue weighted by molar-refractivity contribution is 1.27. The van der Waals surface area contributed by atoms with E-state index in [1.807, 2.05) is 42.1 Å². The summed E-state index contributed by atoms with van der Waals surface area (Å²) in [7, 11) is 0. The van der Waals surface area contributed by atoms with Crippen LogP contribution in [0.15, 0.2) is 178 Å². The molecular weight excluding hydrogens is 611 g/mol. The topological polar surface area (TPSA) is 20.3 Å². The monoisotopic (exact) mass is 637 g/mol. The molecule has 0 fully saturated rings. The van der Waals surface area contributed by atoms with Crippen molar-refractivity contribution in [2.75, 3.05) is 4.90 Å². The minimum atomic E-state index is 0.0962. The first kappa shape index (κ1) is 27.9. The van der Waals surface area contributed by atoms with Crippen LogP contribution in [-0.2, 0) is 0 Å². The third-order valence-electron chi connectivity index (χ3n) is 8.90. The molecule has 9 rings (SSSR count). The zero-order valence-corrected chi connectivity index (χ0v) is 26.9. The molecule has 0 unspecified atom stereocenters. The zero-order valence-electron chi connectivity index (χ0n) is 25.3. The Morgan fingerprint density at radius 3 is 1.60 bits per heavy atom. The van der Waals surface area contributed by atoms with E-state index in [9.17, 15) is 4.79 Å². The van der Waals surface area contributed by atoms with Gasteiger partial charge in [-0.2, -0.15) is 0 Å². The molecule has 222 valence electrons. The number of rotatable bonds is 2. The fraction of sp³-hybridized carbons (Fsp3) is 0. The highest BCUT2D eigenvalue weighted by atomic mass is 32.2. The van der Waals surface area contributed by atoms with Gasteiger partial charge < -0.3 is 4.90 Å². The van der Waals surface area contributed by atoms with Gasteiger partial charge in [0.1, 0.15) is 0 Å². The molecule has 1 aliphatic rings. The minimum Gasteiger partial charge on any atom is -0.309 e. The van der Waals surface area contributed by atoms with Crippen LogP contribution >= 0.6 is 23.1 Å². The molecule has 0 amide bonds. The van der Waals surface area contributed by atoms with Crippen molar-refractivity contribution in [1.29, 1.82) is 0 Å². The maximum atomic E-state index is 13.2. The van der Waals surface area contributed by atoms with E-state index >= 15 is 0 Å². The zero-order chi connectivity index (χ0) is 31.3. The molecule has 47 heavy (non-hydrogen) atoms. The molecule has 0 N–H and O–H groups in total. The predicted octanol–water partition coefficient (Wildman–Crippen LogP) is 12.4. The van der Waals surface area contributed by atoms with Crippen LogP contribution in [0.5, 0.6) is 0 Å². The Morgan fingerprint density at radius 2 is 0.936 bits per heavy atom. The van der Waals surface area contributed by atoms with Gasteiger partial charge in [-0.1, -0.05) is 115 Å². The van der Waals surface area contributed by atoms with Gasteiger partial charge in [0.15, 0.2) is 5.43 Å². The fourth-order valence-electron chi connectivity index (χ4n) is 6.66. The first-order chi connectivity index (χ1) is 23.2. The van der Waals surface area contributed by atoms with E-state index in [1.54, 1.807) is 11.3 Å². The molecule has 4 heteroatoms. The van der Waals surface area contributed by atoms with Crippen LogP contribution in [0.1, 0.15) is 0 Å². The van der Waals surface area contributed by atoms with Gasteiger partial charge in [0.25, 0.3) is 0 Å². The third-order valence-corrected chi connectivity index (χ3v) is 11.2. The molecule has 1 aromatic heterocycles. The van der Waals surface area contributed by atoms with Gasteiger partial charge in [-0.15, -0.1) is 11.3 Å². The van der Waals surface area contributed by atoms with Gasteiger partial charge in [0, 0.05) is 46.8 Å². The molecule has 0 bridgehead atoms. The Labute approximate surface area is 281 Å². The van der Waals surface area contributed by atoms with E-state index in [0.29, 0.717) is 0 Å². The summed E-state index contributed by atoms with van der Waals surface area (Å²) >= 11 is 3.50. The molecule has 0 aliphatic carbocycles. The van der Waals surface area contributed by atoms with Crippen LogP contribution < -0.4 is 10.3 Å². The minimum absolute atomic E-state index is 0.0962. The van der Waals surface area contributed by atoms with Crippen molar-refractivity contribution in [2.45, 2.75) is 9.79 Å². The summed E-state index contributed by atoms with van der Waals surface area (Å²) in [6, 6.07) is 57.8. The molecule has 0 saturated carbocycles. The van der Waals surface area contributed by atoms with E-state index in [4.69, 9.17) is 0 Å². The van der Waals surface area contributed by atoms with E-state index in [1.165, 1.54) is 32.0 Å². The molecule has 0 saturated heterocycles. The molecule has 1 aliphatic heterocycles. The Balaban J connectivity index is 1.23. The summed E-state index contributed by atoms with van der Waals surface area (Å²) in [5.74, 6) is 0. The van der Waals surface area contributed by atoms with E-state index < -0.39 is 0 Å². The largest absolute Gasteiger partial charge is 0.309 e. The number of para-hydroxylation sites is 2. The van der Waals surface area contributed by atoms with Crippen molar-refractivity contribution in [3.05, 3.63) is 174 Å². The Kier molecular flexibility index (Phi) is 6.77. The van der Waals surface area contributed by atoms with Crippen LogP contribution in [0.2, 0.25) is 0 Å². The maximum absolute atomic E-state index is 13.2. The first-order valence-corrected chi connectivity index (χ1v) is 17.3. The number of fused-ring (bicyclic) bond motifs is 8. The molecule has 0 spiro atoms. The lowest BCUT2D eigenvalue weighted by Crippen LogP contribution is -2.13. The van der Waals surface area contributed by atoms with Crippen molar-refractivity contribution in [3.63, 3.8) is 0 Å². The number of benzene rings is 7. The Bertz CT molecular complexity index is 2440. The second-order valence-corrected chi connectivity index (χ2v) is 13.8. The fourth-order valence-corrected chi connectivity index (χ4v) is 8.88. The molecule has 7 aromatic carbocycles. The molecule has 2 nitrogen and oxygen atoms in total. The van der Waals surface area contributed by atoms with Crippen molar-refractivity contribution in [1.82, 2.24) is 0 Å². The van der Waals surface area contributed by atoms with Crippen LogP contribution in [0.3, 0.4) is 0 Å². The average molecular weight is 638 g/mol. The average Bonchev–Trinajstić information content (AvgIpc) is 3.13. The van der Waals surface area contributed by atoms with Crippen LogP contribution in [0.4, 0.5) is 17.1 Å². The summed E-state index contributed by atoms with van der Waals surface area (Å²) in [5.41, 5.74) is 10.4. The highest BCUT2D eigenvalue weighted by molar-refractivity contribution is 7.99. The SMILES string of the molecule is O=c1c2ccccc2sc2cc(-c3ccc(N4c5ccccc5-c5ccccc5Sc5ccccc5-c5ccccc54)cc3)ccc12. The summed E-state index contributed by atoms with van der Waals surface area (Å²) in [5, 5.41) is 1.56. The predicted molar refractivity (Wildman–Crippen MR) is 201 cm³/mol. The van der Waals surface area contributed by atoms with Crippen molar-refractivity contribution in [3.8, 4) is 33.4 Å². The van der Waals surface area contributed by atoms with Crippen LogP contribution in [0.25, 0.3) is 53.6 Å². The number of hydrogen-bond donors (Lipinski definition) is 0. The van der Waals surface area contributed by atoms with Crippen molar-refractivity contribution in [2.24, 2.45) is 0 Å². The quantitative estimate of drug-likeness (QED) is 0.176. The van der Waals surface area contributed by atoms with E-state index in [0.717, 1.165) is 48.4 Å². The summed E-state index contributed by atoms with van der Waals surface area (Å²) in [4.78, 5) is 18.1. The Hall–Kier alpha value is -5.42. The standard InChI is InChI=1S/C43H27NOS2/c45-43-35-15-5-10-20-41(35)47-42-27-29(23-26-36(42)43)28-21-24-30(25-22-28)44-37-16-6-1-11-31(37)33-13-3-8-18-39(33)46-40-19-9-4-14-34(40)32-12-2-7-17-38(32)44/h1-27H. The lowest BCUT2D eigenvalue weighted by atomic mass is 9.98. The van der Waals surface area contributed by atoms with Gasteiger partial charge in [-0.25, -0.2) is 0 Å². The highest BCUT2D eigenvalue weighted by Crippen LogP contribution is 2.50. The Morgan fingerprint density at radius 1 is 0.426 bits per heavy atom. The number of anilines is 3. The normalized spacial score (nSPS) is 12.2. The van der Waals surface area contributed by atoms with Gasteiger partial charge in [0.05, 0.1) is 11.4 Å². The molecular formula is C43H27NOS2. The second-order valence-electron chi connectivity index (χ2n) is 11.6. The number of nitrogens with zero attached hydrogens (tertiary/aromatic N) is 1. The van der Waals surface area contributed by atoms with E-state index in [2.05, 4.69) is 138 Å².